The molecule has 2 fully saturated rings. The molecule has 2 heterocycles. The molecule has 0 unspecified atom stereocenters. The largest absolute Gasteiger partial charge is 0.381 e. The van der Waals surface area contributed by atoms with Crippen molar-refractivity contribution in [1.29, 1.82) is 0 Å². The SMILES string of the molecule is C[C@H]1CCCN(S(=O)(=O)NCC2(C(N)=O)CCOCC2)C1. The van der Waals surface area contributed by atoms with E-state index < -0.39 is 21.5 Å². The number of nitrogens with zero attached hydrogens (tertiary/aromatic N) is 1. The summed E-state index contributed by atoms with van der Waals surface area (Å²) in [7, 11) is -3.55. The molecular formula is C13H25N3O4S. The summed E-state index contributed by atoms with van der Waals surface area (Å²) in [5.74, 6) is -0.0935. The predicted molar refractivity (Wildman–Crippen MR) is 78.6 cm³/mol. The van der Waals surface area contributed by atoms with Gasteiger partial charge in [-0.2, -0.15) is 12.7 Å². The second-order valence-electron chi connectivity index (χ2n) is 6.19. The Hall–Kier alpha value is -0.700. The molecule has 0 bridgehead atoms. The fraction of sp³-hybridized carbons (Fsp3) is 0.923. The fourth-order valence-corrected chi connectivity index (χ4v) is 4.42. The van der Waals surface area contributed by atoms with Crippen LogP contribution in [0.5, 0.6) is 0 Å². The van der Waals surface area contributed by atoms with Crippen LogP contribution >= 0.6 is 0 Å². The minimum atomic E-state index is -3.55. The Morgan fingerprint density at radius 3 is 2.67 bits per heavy atom. The summed E-state index contributed by atoms with van der Waals surface area (Å²) in [6.07, 6.45) is 2.84. The first kappa shape index (κ1) is 16.7. The van der Waals surface area contributed by atoms with Crippen molar-refractivity contribution in [3.63, 3.8) is 0 Å². The van der Waals surface area contributed by atoms with Crippen LogP contribution in [0.3, 0.4) is 0 Å². The average Bonchev–Trinajstić information content (AvgIpc) is 2.46. The third-order valence-corrected chi connectivity index (χ3v) is 6.05. The first-order valence-corrected chi connectivity index (χ1v) is 8.92. The highest BCUT2D eigenvalue weighted by Gasteiger charge is 2.40. The Kier molecular flexibility index (Phi) is 5.24. The highest BCUT2D eigenvalue weighted by molar-refractivity contribution is 7.87. The van der Waals surface area contributed by atoms with Gasteiger partial charge in [-0.3, -0.25) is 4.79 Å². The quantitative estimate of drug-likeness (QED) is 0.735. The number of amides is 1. The zero-order valence-corrected chi connectivity index (χ0v) is 13.3. The number of carbonyl (C=O) groups is 1. The second-order valence-corrected chi connectivity index (χ2v) is 7.94. The van der Waals surface area contributed by atoms with E-state index >= 15 is 0 Å². The monoisotopic (exact) mass is 319 g/mol. The van der Waals surface area contributed by atoms with E-state index in [-0.39, 0.29) is 6.54 Å². The van der Waals surface area contributed by atoms with Gasteiger partial charge >= 0.3 is 0 Å². The molecule has 2 aliphatic heterocycles. The molecule has 7 nitrogen and oxygen atoms in total. The van der Waals surface area contributed by atoms with Gasteiger partial charge in [0.1, 0.15) is 0 Å². The molecule has 0 spiro atoms. The number of nitrogens with one attached hydrogen (secondary N) is 1. The average molecular weight is 319 g/mol. The van der Waals surface area contributed by atoms with Gasteiger partial charge in [-0.15, -0.1) is 0 Å². The number of carbonyl (C=O) groups excluding carboxylic acids is 1. The third-order valence-electron chi connectivity index (χ3n) is 4.53. The molecule has 1 amide bonds. The topological polar surface area (TPSA) is 102 Å². The highest BCUT2D eigenvalue weighted by Crippen LogP contribution is 2.30. The molecule has 1 atom stereocenters. The van der Waals surface area contributed by atoms with Crippen LogP contribution in [0.1, 0.15) is 32.6 Å². The van der Waals surface area contributed by atoms with Crippen molar-refractivity contribution in [2.24, 2.45) is 17.1 Å². The summed E-state index contributed by atoms with van der Waals surface area (Å²) in [6.45, 7) is 4.04. The number of primary amides is 1. The summed E-state index contributed by atoms with van der Waals surface area (Å²) in [4.78, 5) is 11.7. The minimum absolute atomic E-state index is 0.0545. The lowest BCUT2D eigenvalue weighted by Gasteiger charge is -2.36. The van der Waals surface area contributed by atoms with Crippen molar-refractivity contribution >= 4 is 16.1 Å². The third kappa shape index (κ3) is 3.94. The summed E-state index contributed by atoms with van der Waals surface area (Å²) in [6, 6.07) is 0. The van der Waals surface area contributed by atoms with Crippen molar-refractivity contribution in [3.05, 3.63) is 0 Å². The zero-order valence-electron chi connectivity index (χ0n) is 12.5. The second kappa shape index (κ2) is 6.60. The first-order chi connectivity index (χ1) is 9.86. The van der Waals surface area contributed by atoms with Gasteiger partial charge in [0, 0.05) is 32.8 Å². The van der Waals surface area contributed by atoms with Crippen LogP contribution in [0.15, 0.2) is 0 Å². The molecule has 3 N–H and O–H groups in total. The van der Waals surface area contributed by atoms with E-state index in [1.807, 2.05) is 6.92 Å². The molecule has 0 saturated carbocycles. The van der Waals surface area contributed by atoms with Gasteiger partial charge in [-0.1, -0.05) is 6.92 Å². The number of nitrogens with two attached hydrogens (primary N) is 1. The Bertz CT molecular complexity index is 474. The van der Waals surface area contributed by atoms with Crippen LogP contribution in [0, 0.1) is 11.3 Å². The lowest BCUT2D eigenvalue weighted by Crippen LogP contribution is -2.53. The van der Waals surface area contributed by atoms with E-state index in [9.17, 15) is 13.2 Å². The maximum atomic E-state index is 12.4. The molecule has 0 radical (unpaired) electrons. The smallest absolute Gasteiger partial charge is 0.279 e. The minimum Gasteiger partial charge on any atom is -0.381 e. The Balaban J connectivity index is 2.00. The van der Waals surface area contributed by atoms with E-state index in [0.717, 1.165) is 12.8 Å². The van der Waals surface area contributed by atoms with Gasteiger partial charge in [-0.05, 0) is 31.6 Å². The maximum absolute atomic E-state index is 12.4. The highest BCUT2D eigenvalue weighted by atomic mass is 32.2. The normalized spacial score (nSPS) is 27.4. The van der Waals surface area contributed by atoms with E-state index in [2.05, 4.69) is 4.72 Å². The molecule has 0 aromatic carbocycles. The number of hydrogen-bond acceptors (Lipinski definition) is 4. The molecule has 21 heavy (non-hydrogen) atoms. The molecule has 2 aliphatic rings. The number of ether oxygens (including phenoxy) is 1. The Morgan fingerprint density at radius 1 is 1.43 bits per heavy atom. The van der Waals surface area contributed by atoms with Crippen molar-refractivity contribution in [2.45, 2.75) is 32.6 Å². The van der Waals surface area contributed by atoms with E-state index in [0.29, 0.717) is 45.1 Å². The van der Waals surface area contributed by atoms with E-state index in [1.165, 1.54) is 4.31 Å². The van der Waals surface area contributed by atoms with Crippen LogP contribution in [-0.4, -0.2) is 51.5 Å². The standard InChI is InChI=1S/C13H25N3O4S/c1-11-3-2-6-16(9-11)21(18,19)15-10-13(12(14)17)4-7-20-8-5-13/h11,15H,2-10H2,1H3,(H2,14,17)/t11-/m0/s1. The molecule has 0 aromatic heterocycles. The van der Waals surface area contributed by atoms with Crippen LogP contribution in [0.25, 0.3) is 0 Å². The zero-order chi connectivity index (χ0) is 15.5. The van der Waals surface area contributed by atoms with Gasteiger partial charge < -0.3 is 10.5 Å². The van der Waals surface area contributed by atoms with Crippen LogP contribution in [0.4, 0.5) is 0 Å². The molecule has 122 valence electrons. The van der Waals surface area contributed by atoms with E-state index in [4.69, 9.17) is 10.5 Å². The van der Waals surface area contributed by atoms with Gasteiger partial charge in [0.05, 0.1) is 5.41 Å². The first-order valence-electron chi connectivity index (χ1n) is 7.48. The van der Waals surface area contributed by atoms with Gasteiger partial charge in [0.15, 0.2) is 0 Å². The molecule has 8 heteroatoms. The Morgan fingerprint density at radius 2 is 2.10 bits per heavy atom. The molecule has 0 aromatic rings. The number of hydrogen-bond donors (Lipinski definition) is 2. The van der Waals surface area contributed by atoms with Gasteiger partial charge in [-0.25, -0.2) is 4.72 Å². The summed E-state index contributed by atoms with van der Waals surface area (Å²) in [5.41, 5.74) is 4.66. The molecule has 2 saturated heterocycles. The number of piperidine rings is 1. The summed E-state index contributed by atoms with van der Waals surface area (Å²) >= 11 is 0. The Labute approximate surface area is 126 Å². The fourth-order valence-electron chi connectivity index (χ4n) is 2.96. The van der Waals surface area contributed by atoms with Crippen molar-refractivity contribution in [2.75, 3.05) is 32.8 Å². The van der Waals surface area contributed by atoms with Crippen LogP contribution in [-0.2, 0) is 19.7 Å². The molecule has 2 rings (SSSR count). The summed E-state index contributed by atoms with van der Waals surface area (Å²) < 4.78 is 34.0. The molecule has 0 aliphatic carbocycles. The van der Waals surface area contributed by atoms with Gasteiger partial charge in [0.25, 0.3) is 10.2 Å². The molecular weight excluding hydrogens is 294 g/mol. The number of rotatable bonds is 5. The van der Waals surface area contributed by atoms with Gasteiger partial charge in [0.2, 0.25) is 5.91 Å². The van der Waals surface area contributed by atoms with Crippen LogP contribution in [0.2, 0.25) is 0 Å². The van der Waals surface area contributed by atoms with E-state index in [1.54, 1.807) is 0 Å². The predicted octanol–water partition coefficient (Wildman–Crippen LogP) is -0.165. The van der Waals surface area contributed by atoms with Crippen LogP contribution < -0.4 is 10.5 Å². The maximum Gasteiger partial charge on any atom is 0.279 e. The summed E-state index contributed by atoms with van der Waals surface area (Å²) in [5, 5.41) is 0. The van der Waals surface area contributed by atoms with Crippen molar-refractivity contribution in [1.82, 2.24) is 9.03 Å². The van der Waals surface area contributed by atoms with Crippen molar-refractivity contribution in [3.8, 4) is 0 Å². The van der Waals surface area contributed by atoms with Crippen molar-refractivity contribution < 1.29 is 17.9 Å². The lowest BCUT2D eigenvalue weighted by atomic mass is 9.80. The lowest BCUT2D eigenvalue weighted by molar-refractivity contribution is -0.132.